The van der Waals surface area contributed by atoms with Crippen LogP contribution in [0.5, 0.6) is 0 Å². The van der Waals surface area contributed by atoms with E-state index in [2.05, 4.69) is 229 Å². The second kappa shape index (κ2) is 14.5. The molecule has 2 nitrogen and oxygen atoms in total. The molecule has 0 spiro atoms. The van der Waals surface area contributed by atoms with Crippen molar-refractivity contribution >= 4 is 81.3 Å². The van der Waals surface area contributed by atoms with Gasteiger partial charge in [0, 0.05) is 47.9 Å². The molecule has 0 atom stereocenters. The van der Waals surface area contributed by atoms with Crippen molar-refractivity contribution in [3.05, 3.63) is 224 Å². The van der Waals surface area contributed by atoms with E-state index in [0.717, 1.165) is 55.7 Å². The van der Waals surface area contributed by atoms with Crippen molar-refractivity contribution in [3.8, 4) is 44.5 Å². The van der Waals surface area contributed by atoms with E-state index in [-0.39, 0.29) is 0 Å². The molecule has 0 aliphatic heterocycles. The van der Waals surface area contributed by atoms with Gasteiger partial charge < -0.3 is 9.32 Å². The molecule has 0 saturated carbocycles. The molecular formula is C58H37NOS. The lowest BCUT2D eigenvalue weighted by molar-refractivity contribution is 0.670. The van der Waals surface area contributed by atoms with Crippen LogP contribution in [0.1, 0.15) is 0 Å². The van der Waals surface area contributed by atoms with Crippen molar-refractivity contribution in [1.29, 1.82) is 0 Å². The number of fused-ring (bicyclic) bond motifs is 7. The van der Waals surface area contributed by atoms with Gasteiger partial charge in [-0.1, -0.05) is 182 Å². The SMILES string of the molecule is c1ccc(-c2cccc3c2oc2c(N(c4ccc(-c5ccc(-c6cccc7sc8ccccc8c67)cc5)cc4)c4ccc(-c5cccc6ccccc56)cc4)cccc23)cc1. The van der Waals surface area contributed by atoms with Gasteiger partial charge >= 0.3 is 0 Å². The maximum atomic E-state index is 6.98. The number of benzene rings is 10. The maximum absolute atomic E-state index is 6.98. The molecule has 0 saturated heterocycles. The molecule has 286 valence electrons. The van der Waals surface area contributed by atoms with Gasteiger partial charge in [0.2, 0.25) is 0 Å². The lowest BCUT2D eigenvalue weighted by atomic mass is 9.97. The fourth-order valence-corrected chi connectivity index (χ4v) is 10.3. The minimum atomic E-state index is 0.854. The van der Waals surface area contributed by atoms with E-state index in [1.165, 1.54) is 58.8 Å². The Morgan fingerprint density at radius 3 is 1.59 bits per heavy atom. The highest BCUT2D eigenvalue weighted by atomic mass is 32.1. The first-order valence-electron chi connectivity index (χ1n) is 20.7. The predicted molar refractivity (Wildman–Crippen MR) is 261 cm³/mol. The normalized spacial score (nSPS) is 11.6. The molecule has 0 aliphatic carbocycles. The minimum Gasteiger partial charge on any atom is -0.453 e. The predicted octanol–water partition coefficient (Wildman–Crippen LogP) is 17.2. The number of furan rings is 1. The lowest BCUT2D eigenvalue weighted by Gasteiger charge is -2.26. The van der Waals surface area contributed by atoms with Crippen LogP contribution in [0.4, 0.5) is 17.1 Å². The summed E-state index contributed by atoms with van der Waals surface area (Å²) < 4.78 is 9.62. The van der Waals surface area contributed by atoms with E-state index < -0.39 is 0 Å². The van der Waals surface area contributed by atoms with Crippen LogP contribution < -0.4 is 4.90 Å². The third kappa shape index (κ3) is 6.01. The van der Waals surface area contributed by atoms with Crippen LogP contribution in [0.15, 0.2) is 229 Å². The average molecular weight is 796 g/mol. The summed E-state index contributed by atoms with van der Waals surface area (Å²) in [6.45, 7) is 0. The van der Waals surface area contributed by atoms with Crippen molar-refractivity contribution < 1.29 is 4.42 Å². The lowest BCUT2D eigenvalue weighted by Crippen LogP contribution is -2.10. The van der Waals surface area contributed by atoms with Gasteiger partial charge in [-0.3, -0.25) is 0 Å². The Bertz CT molecular complexity index is 3560. The number of anilines is 3. The zero-order chi connectivity index (χ0) is 40.3. The summed E-state index contributed by atoms with van der Waals surface area (Å²) >= 11 is 1.86. The summed E-state index contributed by atoms with van der Waals surface area (Å²) in [5.41, 5.74) is 14.3. The molecular weight excluding hydrogens is 759 g/mol. The van der Waals surface area contributed by atoms with Gasteiger partial charge in [0.1, 0.15) is 5.58 Å². The summed E-state index contributed by atoms with van der Waals surface area (Å²) in [6.07, 6.45) is 0. The highest BCUT2D eigenvalue weighted by Gasteiger charge is 2.21. The van der Waals surface area contributed by atoms with Gasteiger partial charge in [0.15, 0.2) is 5.58 Å². The minimum absolute atomic E-state index is 0.854. The Kier molecular flexibility index (Phi) is 8.39. The van der Waals surface area contributed by atoms with Gasteiger partial charge in [-0.2, -0.15) is 0 Å². The Morgan fingerprint density at radius 2 is 0.803 bits per heavy atom. The molecule has 12 aromatic rings. The summed E-state index contributed by atoms with van der Waals surface area (Å²) in [5, 5.41) is 7.33. The van der Waals surface area contributed by atoms with E-state index in [1.807, 2.05) is 11.3 Å². The third-order valence-electron chi connectivity index (χ3n) is 12.1. The van der Waals surface area contributed by atoms with E-state index in [1.54, 1.807) is 0 Å². The molecule has 0 fully saturated rings. The van der Waals surface area contributed by atoms with Crippen molar-refractivity contribution in [2.45, 2.75) is 0 Å². The molecule has 61 heavy (non-hydrogen) atoms. The van der Waals surface area contributed by atoms with Crippen LogP contribution in [-0.4, -0.2) is 0 Å². The molecule has 10 aromatic carbocycles. The Labute approximate surface area is 357 Å². The maximum Gasteiger partial charge on any atom is 0.159 e. The molecule has 0 bridgehead atoms. The Morgan fingerprint density at radius 1 is 0.311 bits per heavy atom. The summed E-state index contributed by atoms with van der Waals surface area (Å²) in [5.74, 6) is 0. The average Bonchev–Trinajstić information content (AvgIpc) is 3.92. The largest absolute Gasteiger partial charge is 0.453 e. The zero-order valence-electron chi connectivity index (χ0n) is 33.1. The second-order valence-corrected chi connectivity index (χ2v) is 16.7. The van der Waals surface area contributed by atoms with Crippen molar-refractivity contribution in [2.75, 3.05) is 4.90 Å². The summed E-state index contributed by atoms with van der Waals surface area (Å²) in [7, 11) is 0. The van der Waals surface area contributed by atoms with Crippen LogP contribution in [0.2, 0.25) is 0 Å². The van der Waals surface area contributed by atoms with Crippen molar-refractivity contribution in [2.24, 2.45) is 0 Å². The fraction of sp³-hybridized carbons (Fsp3) is 0. The number of para-hydroxylation sites is 2. The second-order valence-electron chi connectivity index (χ2n) is 15.6. The number of rotatable bonds is 7. The van der Waals surface area contributed by atoms with Crippen LogP contribution in [-0.2, 0) is 0 Å². The number of hydrogen-bond donors (Lipinski definition) is 0. The molecule has 0 unspecified atom stereocenters. The summed E-state index contributed by atoms with van der Waals surface area (Å²) in [6, 6.07) is 80.9. The van der Waals surface area contributed by atoms with Crippen LogP contribution in [0.3, 0.4) is 0 Å². The molecule has 3 heteroatoms. The van der Waals surface area contributed by atoms with Gasteiger partial charge in [-0.05, 0) is 92.2 Å². The molecule has 0 N–H and O–H groups in total. The molecule has 12 rings (SSSR count). The van der Waals surface area contributed by atoms with E-state index in [0.29, 0.717) is 0 Å². The van der Waals surface area contributed by atoms with Gasteiger partial charge in [0.25, 0.3) is 0 Å². The quantitative estimate of drug-likeness (QED) is 0.160. The van der Waals surface area contributed by atoms with E-state index in [9.17, 15) is 0 Å². The first-order chi connectivity index (χ1) is 30.2. The highest BCUT2D eigenvalue weighted by Crippen LogP contribution is 2.45. The van der Waals surface area contributed by atoms with Crippen LogP contribution in [0.25, 0.3) is 97.4 Å². The van der Waals surface area contributed by atoms with E-state index in [4.69, 9.17) is 4.42 Å². The van der Waals surface area contributed by atoms with Crippen LogP contribution >= 0.6 is 11.3 Å². The highest BCUT2D eigenvalue weighted by molar-refractivity contribution is 7.25. The van der Waals surface area contributed by atoms with Gasteiger partial charge in [-0.25, -0.2) is 0 Å². The fourth-order valence-electron chi connectivity index (χ4n) is 9.18. The number of hydrogen-bond acceptors (Lipinski definition) is 3. The summed E-state index contributed by atoms with van der Waals surface area (Å²) in [4.78, 5) is 2.33. The first kappa shape index (κ1) is 35.2. The molecule has 0 radical (unpaired) electrons. The molecule has 0 amide bonds. The Balaban J connectivity index is 0.958. The standard InChI is InChI=1S/C58H37NOS/c1-2-12-41(13-3-1)49-20-9-21-50-51-22-10-23-53(58(51)60-57(49)50)59(45-36-32-42(33-37-45)47-18-8-15-40-14-4-5-16-46(40)47)44-34-30-39(31-35-44)38-26-28-43(29-27-38)48-19-11-25-55-56(48)52-17-6-7-24-54(52)61-55/h1-37H. The third-order valence-corrected chi connectivity index (χ3v) is 13.2. The van der Waals surface area contributed by atoms with Crippen molar-refractivity contribution in [1.82, 2.24) is 0 Å². The van der Waals surface area contributed by atoms with Gasteiger partial charge in [-0.15, -0.1) is 11.3 Å². The van der Waals surface area contributed by atoms with Crippen LogP contribution in [0, 0.1) is 0 Å². The molecule has 2 heterocycles. The molecule has 2 aromatic heterocycles. The molecule has 0 aliphatic rings. The number of nitrogens with zero attached hydrogens (tertiary/aromatic N) is 1. The first-order valence-corrected chi connectivity index (χ1v) is 21.6. The van der Waals surface area contributed by atoms with Crippen molar-refractivity contribution in [3.63, 3.8) is 0 Å². The van der Waals surface area contributed by atoms with E-state index >= 15 is 0 Å². The number of thiophene rings is 1. The monoisotopic (exact) mass is 795 g/mol. The topological polar surface area (TPSA) is 16.4 Å². The van der Waals surface area contributed by atoms with Gasteiger partial charge in [0.05, 0.1) is 5.69 Å². The Hall–Kier alpha value is -7.72. The smallest absolute Gasteiger partial charge is 0.159 e. The zero-order valence-corrected chi connectivity index (χ0v) is 33.9.